The van der Waals surface area contributed by atoms with Crippen molar-refractivity contribution < 1.29 is 18.7 Å². The molecule has 0 aromatic carbocycles. The minimum absolute atomic E-state index is 0.213. The van der Waals surface area contributed by atoms with Gasteiger partial charge in [-0.1, -0.05) is 27.4 Å². The smallest absolute Gasteiger partial charge is 0.412 e. The van der Waals surface area contributed by atoms with E-state index in [-0.39, 0.29) is 12.3 Å². The van der Waals surface area contributed by atoms with Crippen LogP contribution in [0.15, 0.2) is 12.4 Å². The predicted molar refractivity (Wildman–Crippen MR) is 82.7 cm³/mol. The number of halogens is 1. The number of hydrogen-bond donors (Lipinski definition) is 0. The lowest BCUT2D eigenvalue weighted by Gasteiger charge is -2.39. The Balaban J connectivity index is 3.23. The lowest BCUT2D eigenvalue weighted by molar-refractivity contribution is -0.129. The van der Waals surface area contributed by atoms with Crippen molar-refractivity contribution in [3.63, 3.8) is 0 Å². The first-order valence-corrected chi connectivity index (χ1v) is 7.37. The Morgan fingerprint density at radius 2 is 1.77 bits per heavy atom. The van der Waals surface area contributed by atoms with Crippen LogP contribution in [-0.4, -0.2) is 46.7 Å². The van der Waals surface area contributed by atoms with Gasteiger partial charge in [-0.3, -0.25) is 9.69 Å². The number of carbonyl (C=O) groups is 2. The molecule has 1 rings (SSSR count). The van der Waals surface area contributed by atoms with Gasteiger partial charge in [0.05, 0.1) is 5.83 Å². The molecule has 2 amide bonds. The Morgan fingerprint density at radius 3 is 2.14 bits per heavy atom. The fourth-order valence-electron chi connectivity index (χ4n) is 2.77. The van der Waals surface area contributed by atoms with Crippen molar-refractivity contribution in [2.24, 2.45) is 5.41 Å². The molecule has 0 unspecified atom stereocenters. The van der Waals surface area contributed by atoms with Crippen LogP contribution in [0.25, 0.3) is 0 Å². The highest BCUT2D eigenvalue weighted by Crippen LogP contribution is 2.36. The van der Waals surface area contributed by atoms with Gasteiger partial charge in [0.1, 0.15) is 17.8 Å². The molecular formula is C16H27FN2O3. The molecule has 126 valence electrons. The summed E-state index contributed by atoms with van der Waals surface area (Å²) in [6, 6.07) is -0.915. The lowest BCUT2D eigenvalue weighted by atomic mass is 9.91. The van der Waals surface area contributed by atoms with Crippen molar-refractivity contribution in [2.75, 3.05) is 7.05 Å². The summed E-state index contributed by atoms with van der Waals surface area (Å²) in [7, 11) is 1.62. The maximum atomic E-state index is 13.3. The number of rotatable bonds is 2. The molecule has 6 heteroatoms. The molecule has 1 aliphatic rings. The number of nitrogens with zero attached hydrogens (tertiary/aromatic N) is 2. The van der Waals surface area contributed by atoms with Crippen molar-refractivity contribution in [3.05, 3.63) is 12.4 Å². The first-order chi connectivity index (χ1) is 9.75. The van der Waals surface area contributed by atoms with Gasteiger partial charge in [-0.05, 0) is 20.8 Å². The number of likely N-dealkylation sites (N-methyl/N-ethyl adjacent to an activating group) is 1. The minimum atomic E-state index is -0.915. The monoisotopic (exact) mass is 314 g/mol. The average Bonchev–Trinajstić information content (AvgIpc) is 2.50. The second-order valence-electron chi connectivity index (χ2n) is 7.81. The van der Waals surface area contributed by atoms with Crippen molar-refractivity contribution in [3.8, 4) is 0 Å². The molecule has 0 N–H and O–H groups in total. The molecule has 0 radical (unpaired) electrons. The van der Waals surface area contributed by atoms with Gasteiger partial charge >= 0.3 is 6.09 Å². The Kier molecular flexibility index (Phi) is 4.94. The average molecular weight is 314 g/mol. The molecule has 1 heterocycles. The summed E-state index contributed by atoms with van der Waals surface area (Å²) >= 11 is 0. The summed E-state index contributed by atoms with van der Waals surface area (Å²) in [5.41, 5.74) is -1.09. The van der Waals surface area contributed by atoms with Gasteiger partial charge in [0.2, 0.25) is 5.91 Å². The third-order valence-electron chi connectivity index (χ3n) is 3.39. The van der Waals surface area contributed by atoms with E-state index in [2.05, 4.69) is 6.58 Å². The molecule has 5 nitrogen and oxygen atoms in total. The molecule has 1 fully saturated rings. The molecule has 0 aliphatic carbocycles. The Hall–Kier alpha value is -1.59. The standard InChI is InChI=1S/C16H27FN2O3/c1-10(17)9-11-12(20)18(8)13(15(2,3)4)19(11)14(21)22-16(5,6)7/h11,13H,1,9H2,2-8H3/t11-,13-/m0/s1. The van der Waals surface area contributed by atoms with E-state index >= 15 is 0 Å². The van der Waals surface area contributed by atoms with Crippen molar-refractivity contribution in [2.45, 2.75) is 65.8 Å². The van der Waals surface area contributed by atoms with E-state index in [0.29, 0.717) is 0 Å². The Morgan fingerprint density at radius 1 is 1.27 bits per heavy atom. The zero-order chi connectivity index (χ0) is 17.5. The fraction of sp³-hybridized carbons (Fsp3) is 0.750. The van der Waals surface area contributed by atoms with Crippen LogP contribution in [0.3, 0.4) is 0 Å². The summed E-state index contributed by atoms with van der Waals surface area (Å²) < 4.78 is 18.7. The van der Waals surface area contributed by atoms with Crippen molar-refractivity contribution in [1.82, 2.24) is 9.80 Å². The molecule has 2 atom stereocenters. The van der Waals surface area contributed by atoms with E-state index in [0.717, 1.165) is 0 Å². The van der Waals surface area contributed by atoms with E-state index in [1.165, 1.54) is 9.80 Å². The molecule has 22 heavy (non-hydrogen) atoms. The normalized spacial score (nSPS) is 23.0. The summed E-state index contributed by atoms with van der Waals surface area (Å²) in [5, 5.41) is 0. The van der Waals surface area contributed by atoms with Crippen LogP contribution < -0.4 is 0 Å². The van der Waals surface area contributed by atoms with Crippen LogP contribution in [0.4, 0.5) is 9.18 Å². The summed E-state index contributed by atoms with van der Waals surface area (Å²) in [4.78, 5) is 27.9. The third-order valence-corrected chi connectivity index (χ3v) is 3.39. The van der Waals surface area contributed by atoms with Crippen LogP contribution in [-0.2, 0) is 9.53 Å². The van der Waals surface area contributed by atoms with E-state index in [9.17, 15) is 14.0 Å². The minimum Gasteiger partial charge on any atom is -0.444 e. The highest BCUT2D eigenvalue weighted by atomic mass is 19.1. The molecule has 0 bridgehead atoms. The van der Waals surface area contributed by atoms with Gasteiger partial charge in [-0.2, -0.15) is 0 Å². The predicted octanol–water partition coefficient (Wildman–Crippen LogP) is 3.31. The zero-order valence-corrected chi connectivity index (χ0v) is 14.6. The summed E-state index contributed by atoms with van der Waals surface area (Å²) in [5.74, 6) is -0.931. The third kappa shape index (κ3) is 3.99. The van der Waals surface area contributed by atoms with Gasteiger partial charge in [0, 0.05) is 18.9 Å². The lowest BCUT2D eigenvalue weighted by Crippen LogP contribution is -2.52. The highest BCUT2D eigenvalue weighted by molar-refractivity contribution is 5.89. The van der Waals surface area contributed by atoms with Gasteiger partial charge in [0.25, 0.3) is 0 Å². The maximum Gasteiger partial charge on any atom is 0.412 e. The Labute approximate surface area is 132 Å². The van der Waals surface area contributed by atoms with Gasteiger partial charge in [0.15, 0.2) is 0 Å². The first-order valence-electron chi connectivity index (χ1n) is 7.37. The molecule has 1 aliphatic heterocycles. The van der Waals surface area contributed by atoms with E-state index in [1.807, 2.05) is 20.8 Å². The Bertz CT molecular complexity index is 477. The van der Waals surface area contributed by atoms with Crippen LogP contribution in [0, 0.1) is 5.41 Å². The molecular weight excluding hydrogens is 287 g/mol. The van der Waals surface area contributed by atoms with Gasteiger partial charge in [-0.25, -0.2) is 9.18 Å². The van der Waals surface area contributed by atoms with Gasteiger partial charge < -0.3 is 9.64 Å². The SMILES string of the molecule is C=C(F)C[C@H]1C(=O)N(C)[C@H](C(C)(C)C)N1C(=O)OC(C)(C)C. The molecule has 0 saturated carbocycles. The number of amides is 2. The molecule has 0 spiro atoms. The second kappa shape index (κ2) is 5.89. The van der Waals surface area contributed by atoms with Crippen molar-refractivity contribution in [1.29, 1.82) is 0 Å². The van der Waals surface area contributed by atoms with Crippen LogP contribution in [0.1, 0.15) is 48.0 Å². The number of carbonyl (C=O) groups excluding carboxylic acids is 2. The van der Waals surface area contributed by atoms with Gasteiger partial charge in [-0.15, -0.1) is 0 Å². The number of ether oxygens (including phenoxy) is 1. The quantitative estimate of drug-likeness (QED) is 0.785. The molecule has 0 aromatic heterocycles. The largest absolute Gasteiger partial charge is 0.444 e. The van der Waals surface area contributed by atoms with Crippen LogP contribution in [0.2, 0.25) is 0 Å². The maximum absolute atomic E-state index is 13.3. The zero-order valence-electron chi connectivity index (χ0n) is 14.6. The molecule has 0 aromatic rings. The van der Waals surface area contributed by atoms with E-state index in [4.69, 9.17) is 4.74 Å². The first kappa shape index (κ1) is 18.5. The number of hydrogen-bond acceptors (Lipinski definition) is 3. The summed E-state index contributed by atoms with van der Waals surface area (Å²) in [6.07, 6.45) is -1.33. The second-order valence-corrected chi connectivity index (χ2v) is 7.81. The summed E-state index contributed by atoms with van der Waals surface area (Å²) in [6.45, 7) is 14.2. The molecule has 1 saturated heterocycles. The van der Waals surface area contributed by atoms with E-state index in [1.54, 1.807) is 27.8 Å². The van der Waals surface area contributed by atoms with Crippen LogP contribution in [0.5, 0.6) is 0 Å². The van der Waals surface area contributed by atoms with Crippen LogP contribution >= 0.6 is 0 Å². The fourth-order valence-corrected chi connectivity index (χ4v) is 2.77. The van der Waals surface area contributed by atoms with E-state index < -0.39 is 35.1 Å². The highest BCUT2D eigenvalue weighted by Gasteiger charge is 2.52. The topological polar surface area (TPSA) is 49.9 Å². The van der Waals surface area contributed by atoms with Crippen molar-refractivity contribution >= 4 is 12.0 Å².